The molecule has 5 heteroatoms. The van der Waals surface area contributed by atoms with Crippen molar-refractivity contribution in [2.45, 2.75) is 18.3 Å². The van der Waals surface area contributed by atoms with Gasteiger partial charge in [-0.25, -0.2) is 4.98 Å². The lowest BCUT2D eigenvalue weighted by Gasteiger charge is -2.18. The largest absolute Gasteiger partial charge is 0.481 e. The van der Waals surface area contributed by atoms with Crippen LogP contribution in [-0.4, -0.2) is 24.5 Å². The quantitative estimate of drug-likeness (QED) is 0.641. The number of carbonyl (C=O) groups is 1. The summed E-state index contributed by atoms with van der Waals surface area (Å²) in [6.45, 7) is 0.866. The first kappa shape index (κ1) is 18.0. The third kappa shape index (κ3) is 3.98. The van der Waals surface area contributed by atoms with Gasteiger partial charge in [0, 0.05) is 29.3 Å². The van der Waals surface area contributed by atoms with Crippen LogP contribution in [0.3, 0.4) is 0 Å². The summed E-state index contributed by atoms with van der Waals surface area (Å²) in [5, 5.41) is 6.42. The minimum atomic E-state index is -0.138. The topological polar surface area (TPSA) is 63.2 Å². The number of ether oxygens (including phenoxy) is 1. The lowest BCUT2D eigenvalue weighted by molar-refractivity contribution is 0.102. The summed E-state index contributed by atoms with van der Waals surface area (Å²) >= 11 is 0. The third-order valence-corrected chi connectivity index (χ3v) is 5.20. The molecule has 2 aromatic carbocycles. The molecule has 3 aromatic rings. The van der Waals surface area contributed by atoms with Gasteiger partial charge >= 0.3 is 0 Å². The van der Waals surface area contributed by atoms with Crippen molar-refractivity contribution in [3.05, 3.63) is 84.1 Å². The second kappa shape index (κ2) is 7.72. The van der Waals surface area contributed by atoms with E-state index >= 15 is 0 Å². The molecular weight excluding hydrogens is 350 g/mol. The number of carbonyl (C=O) groups excluding carboxylic acids is 1. The number of para-hydroxylation sites is 1. The summed E-state index contributed by atoms with van der Waals surface area (Å²) < 4.78 is 5.04. The highest BCUT2D eigenvalue weighted by Gasteiger charge is 2.44. The monoisotopic (exact) mass is 373 g/mol. The zero-order valence-corrected chi connectivity index (χ0v) is 15.8. The summed E-state index contributed by atoms with van der Waals surface area (Å²) in [5.74, 6) is 0.377. The van der Waals surface area contributed by atoms with Gasteiger partial charge in [-0.15, -0.1) is 0 Å². The molecule has 0 atom stereocenters. The molecule has 0 bridgehead atoms. The van der Waals surface area contributed by atoms with Gasteiger partial charge in [0.25, 0.3) is 5.91 Å². The molecular formula is C23H23N3O2. The van der Waals surface area contributed by atoms with E-state index in [0.29, 0.717) is 17.1 Å². The highest BCUT2D eigenvalue weighted by Crippen LogP contribution is 2.48. The van der Waals surface area contributed by atoms with Gasteiger partial charge in [0.15, 0.2) is 0 Å². The van der Waals surface area contributed by atoms with E-state index < -0.39 is 0 Å². The molecule has 0 radical (unpaired) electrons. The molecule has 0 unspecified atom stereocenters. The van der Waals surface area contributed by atoms with Gasteiger partial charge in [0.05, 0.1) is 19.0 Å². The van der Waals surface area contributed by atoms with Gasteiger partial charge in [-0.05, 0) is 48.7 Å². The summed E-state index contributed by atoms with van der Waals surface area (Å²) in [4.78, 5) is 16.8. The lowest BCUT2D eigenvalue weighted by Crippen LogP contribution is -2.20. The number of hydrogen-bond acceptors (Lipinski definition) is 4. The molecule has 4 rings (SSSR count). The molecule has 142 valence electrons. The number of nitrogens with one attached hydrogen (secondary N) is 2. The number of pyridine rings is 1. The van der Waals surface area contributed by atoms with Crippen LogP contribution in [0, 0.1) is 0 Å². The van der Waals surface area contributed by atoms with Crippen molar-refractivity contribution in [2.24, 2.45) is 0 Å². The van der Waals surface area contributed by atoms with Crippen molar-refractivity contribution in [3.8, 4) is 5.88 Å². The minimum Gasteiger partial charge on any atom is -0.481 e. The van der Waals surface area contributed by atoms with Gasteiger partial charge in [-0.1, -0.05) is 30.3 Å². The fraction of sp³-hybridized carbons (Fsp3) is 0.217. The first-order valence-corrected chi connectivity index (χ1v) is 9.39. The Kier molecular flexibility index (Phi) is 4.98. The Balaban J connectivity index is 1.45. The van der Waals surface area contributed by atoms with Crippen LogP contribution in [0.4, 0.5) is 11.4 Å². The zero-order chi connectivity index (χ0) is 19.4. The predicted molar refractivity (Wildman–Crippen MR) is 111 cm³/mol. The standard InChI is InChI=1S/C23H23N3O2/c1-28-21-11-10-20(15-24-21)26-22(27)17-6-5-7-18(14-17)23(12-13-23)16-25-19-8-3-2-4-9-19/h2-11,14-15,25H,12-13,16H2,1H3,(H,26,27). The molecule has 0 spiro atoms. The van der Waals surface area contributed by atoms with Crippen LogP contribution in [0.2, 0.25) is 0 Å². The van der Waals surface area contributed by atoms with E-state index in [1.807, 2.05) is 36.4 Å². The van der Waals surface area contributed by atoms with Crippen molar-refractivity contribution in [3.63, 3.8) is 0 Å². The van der Waals surface area contributed by atoms with Gasteiger partial charge in [0.2, 0.25) is 5.88 Å². The summed E-state index contributed by atoms with van der Waals surface area (Å²) in [5.41, 5.74) is 3.72. The fourth-order valence-electron chi connectivity index (χ4n) is 3.31. The number of rotatable bonds is 7. The van der Waals surface area contributed by atoms with Crippen LogP contribution in [-0.2, 0) is 5.41 Å². The molecule has 1 amide bonds. The number of benzene rings is 2. The van der Waals surface area contributed by atoms with Crippen molar-refractivity contribution in [1.29, 1.82) is 0 Å². The van der Waals surface area contributed by atoms with Crippen LogP contribution < -0.4 is 15.4 Å². The van der Waals surface area contributed by atoms with Crippen LogP contribution in [0.1, 0.15) is 28.8 Å². The minimum absolute atomic E-state index is 0.105. The second-order valence-electron chi connectivity index (χ2n) is 7.12. The fourth-order valence-corrected chi connectivity index (χ4v) is 3.31. The second-order valence-corrected chi connectivity index (χ2v) is 7.12. The van der Waals surface area contributed by atoms with Crippen molar-refractivity contribution < 1.29 is 9.53 Å². The summed E-state index contributed by atoms with van der Waals surface area (Å²) in [7, 11) is 1.56. The van der Waals surface area contributed by atoms with Crippen molar-refractivity contribution >= 4 is 17.3 Å². The Hall–Kier alpha value is -3.34. The molecule has 5 nitrogen and oxygen atoms in total. The Morgan fingerprint density at radius 1 is 1.04 bits per heavy atom. The number of amides is 1. The third-order valence-electron chi connectivity index (χ3n) is 5.20. The van der Waals surface area contributed by atoms with Gasteiger partial charge < -0.3 is 15.4 Å². The first-order valence-electron chi connectivity index (χ1n) is 9.39. The average molecular weight is 373 g/mol. The number of aromatic nitrogens is 1. The Morgan fingerprint density at radius 3 is 2.54 bits per heavy atom. The zero-order valence-electron chi connectivity index (χ0n) is 15.8. The molecule has 1 fully saturated rings. The van der Waals surface area contributed by atoms with Crippen molar-refractivity contribution in [2.75, 3.05) is 24.3 Å². The van der Waals surface area contributed by atoms with Crippen LogP contribution in [0.15, 0.2) is 72.9 Å². The molecule has 0 saturated heterocycles. The predicted octanol–water partition coefficient (Wildman–Crippen LogP) is 4.49. The SMILES string of the molecule is COc1ccc(NC(=O)c2cccc(C3(CNc4ccccc4)CC3)c2)cn1. The van der Waals surface area contributed by atoms with Gasteiger partial charge in [-0.2, -0.15) is 0 Å². The maximum atomic E-state index is 12.7. The average Bonchev–Trinajstić information content (AvgIpc) is 3.55. The molecule has 1 aromatic heterocycles. The maximum Gasteiger partial charge on any atom is 0.255 e. The number of nitrogens with zero attached hydrogens (tertiary/aromatic N) is 1. The van der Waals surface area contributed by atoms with E-state index in [1.54, 1.807) is 25.4 Å². The maximum absolute atomic E-state index is 12.7. The molecule has 28 heavy (non-hydrogen) atoms. The van der Waals surface area contributed by atoms with Crippen molar-refractivity contribution in [1.82, 2.24) is 4.98 Å². The highest BCUT2D eigenvalue weighted by molar-refractivity contribution is 6.04. The molecule has 1 saturated carbocycles. The van der Waals surface area contributed by atoms with Crippen LogP contribution >= 0.6 is 0 Å². The van der Waals surface area contributed by atoms with Gasteiger partial charge in [0.1, 0.15) is 0 Å². The van der Waals surface area contributed by atoms with Gasteiger partial charge in [-0.3, -0.25) is 4.79 Å². The van der Waals surface area contributed by atoms with Crippen LogP contribution in [0.25, 0.3) is 0 Å². The van der Waals surface area contributed by atoms with E-state index in [1.165, 1.54) is 5.56 Å². The molecule has 1 aliphatic carbocycles. The number of methoxy groups -OCH3 is 1. The van der Waals surface area contributed by atoms with Crippen LogP contribution in [0.5, 0.6) is 5.88 Å². The lowest BCUT2D eigenvalue weighted by atomic mass is 9.94. The van der Waals surface area contributed by atoms with E-state index in [4.69, 9.17) is 4.74 Å². The normalized spacial score (nSPS) is 14.2. The number of anilines is 2. The summed E-state index contributed by atoms with van der Waals surface area (Å²) in [6.07, 6.45) is 3.84. The first-order chi connectivity index (χ1) is 13.7. The highest BCUT2D eigenvalue weighted by atomic mass is 16.5. The Bertz CT molecular complexity index is 951. The molecule has 2 N–H and O–H groups in total. The molecule has 1 heterocycles. The Labute approximate surface area is 164 Å². The Morgan fingerprint density at radius 2 is 1.86 bits per heavy atom. The smallest absolute Gasteiger partial charge is 0.255 e. The molecule has 1 aliphatic rings. The van der Waals surface area contributed by atoms with E-state index in [-0.39, 0.29) is 11.3 Å². The van der Waals surface area contributed by atoms with E-state index in [9.17, 15) is 4.79 Å². The van der Waals surface area contributed by atoms with E-state index in [0.717, 1.165) is 25.1 Å². The van der Waals surface area contributed by atoms with E-state index in [2.05, 4.69) is 33.8 Å². The number of hydrogen-bond donors (Lipinski definition) is 2. The molecule has 0 aliphatic heterocycles. The summed E-state index contributed by atoms with van der Waals surface area (Å²) in [6, 6.07) is 21.6.